The summed E-state index contributed by atoms with van der Waals surface area (Å²) in [6.07, 6.45) is 0. The van der Waals surface area contributed by atoms with Crippen molar-refractivity contribution in [2.45, 2.75) is 0 Å². The van der Waals surface area contributed by atoms with Gasteiger partial charge in [0.05, 0.1) is 0 Å². The normalized spacial score (nSPS) is 0. The Balaban J connectivity index is 0. The Kier molecular flexibility index (Phi) is 175. The molecule has 0 aromatic rings. The maximum Gasteiger partial charge on any atom is 5.00 e. The Morgan fingerprint density at radius 1 is 1.00 bits per heavy atom. The first-order valence-electron chi connectivity index (χ1n) is 0. The van der Waals surface area contributed by atoms with Crippen molar-refractivity contribution in [1.82, 2.24) is 0 Å². The summed E-state index contributed by atoms with van der Waals surface area (Å²) in [7, 11) is 0. The van der Waals surface area contributed by atoms with Crippen LogP contribution in [-0.2, 0) is 70.6 Å². The molecule has 0 saturated carbocycles. The van der Waals surface area contributed by atoms with Crippen LogP contribution < -0.4 is 0 Å². The van der Waals surface area contributed by atoms with Crippen LogP contribution in [-0.4, -0.2) is 0 Å². The summed E-state index contributed by atoms with van der Waals surface area (Å²) in [4.78, 5) is 0. The van der Waals surface area contributed by atoms with Gasteiger partial charge >= 0.3 is 65.2 Å². The predicted molar refractivity (Wildman–Crippen MR) is 0.686 cm³/mol. The van der Waals surface area contributed by atoms with E-state index in [-0.39, 0.29) is 70.6 Å². The van der Waals surface area contributed by atoms with Crippen molar-refractivity contribution < 1.29 is 70.6 Å². The van der Waals surface area contributed by atoms with Gasteiger partial charge in [-0.2, -0.15) is 0 Å². The summed E-state index contributed by atoms with van der Waals surface area (Å²) >= 11 is 0. The third-order valence-electron chi connectivity index (χ3n) is 0. The van der Waals surface area contributed by atoms with E-state index in [9.17, 15) is 0 Å². The maximum absolute atomic E-state index is 0. The van der Waals surface area contributed by atoms with E-state index in [1.54, 1.807) is 0 Å². The molecule has 0 fully saturated rings. The molecule has 0 aliphatic carbocycles. The molecule has 1 nitrogen and oxygen atoms in total. The second-order valence-electron chi connectivity index (χ2n) is 0. The fraction of sp³-hybridized carbons (Fsp3) is 0. The molecule has 0 aliphatic rings. The minimum Gasteiger partial charge on any atom is -2.00 e. The Bertz CT molecular complexity index is 8.00. The van der Waals surface area contributed by atoms with E-state index in [4.69, 9.17) is 0 Å². The molecule has 0 radical (unpaired) electrons. The first-order valence-corrected chi connectivity index (χ1v) is 0. The second kappa shape index (κ2) is 19.4. The third kappa shape index (κ3) is 8.93. The second-order valence-corrected chi connectivity index (χ2v) is 0. The van der Waals surface area contributed by atoms with E-state index in [0.717, 1.165) is 0 Å². The molecule has 0 atom stereocenters. The smallest absolute Gasteiger partial charge is 2.00 e. The molecule has 0 rings (SSSR count). The van der Waals surface area contributed by atoms with Gasteiger partial charge in [-0.15, -0.1) is 0 Å². The van der Waals surface area contributed by atoms with Crippen LogP contribution in [0.1, 0.15) is 0 Å². The Hall–Kier alpha value is 2.10. The van der Waals surface area contributed by atoms with Crippen molar-refractivity contribution in [3.63, 3.8) is 0 Å². The van der Waals surface area contributed by atoms with Crippen LogP contribution in [0.3, 0.4) is 0 Å². The molecular formula is MoNbOTi+11. The zero-order valence-corrected chi connectivity index (χ0v) is 7.53. The first-order chi connectivity index (χ1) is 0. The van der Waals surface area contributed by atoms with Crippen LogP contribution in [0.2, 0.25) is 0 Å². The van der Waals surface area contributed by atoms with Gasteiger partial charge in [-0.1, -0.05) is 0 Å². The van der Waals surface area contributed by atoms with Crippen molar-refractivity contribution in [2.75, 3.05) is 0 Å². The largest absolute Gasteiger partial charge is 5.00 e. The molecule has 0 unspecified atom stereocenters. The predicted octanol–water partition coefficient (Wildman–Crippen LogP) is -0.126. The van der Waals surface area contributed by atoms with Gasteiger partial charge in [-0.25, -0.2) is 0 Å². The monoisotopic (exact) mass is 255 g/mol. The van der Waals surface area contributed by atoms with Gasteiger partial charge in [-0.3, -0.25) is 0 Å². The van der Waals surface area contributed by atoms with Crippen molar-refractivity contribution in [3.05, 3.63) is 0 Å². The average Bonchev–Trinajstić information content (AvgIpc) is 0. The topological polar surface area (TPSA) is 28.5 Å². The number of hydrogen-bond donors (Lipinski definition) is 0. The van der Waals surface area contributed by atoms with E-state index in [0.29, 0.717) is 0 Å². The van der Waals surface area contributed by atoms with Gasteiger partial charge in [0.25, 0.3) is 0 Å². The number of rotatable bonds is 0. The molecule has 0 heterocycles. The van der Waals surface area contributed by atoms with Gasteiger partial charge in [-0.05, 0) is 0 Å². The molecule has 0 saturated heterocycles. The van der Waals surface area contributed by atoms with Crippen LogP contribution in [0, 0.1) is 0 Å². The summed E-state index contributed by atoms with van der Waals surface area (Å²) in [5.41, 5.74) is 0. The van der Waals surface area contributed by atoms with Gasteiger partial charge in [0, 0.05) is 0 Å². The van der Waals surface area contributed by atoms with Crippen LogP contribution in [0.4, 0.5) is 0 Å². The summed E-state index contributed by atoms with van der Waals surface area (Å²) in [5, 5.41) is 0. The molecule has 0 N–H and O–H groups in total. The number of hydrogen-bond acceptors (Lipinski definition) is 0. The van der Waals surface area contributed by atoms with E-state index in [1.807, 2.05) is 0 Å². The summed E-state index contributed by atoms with van der Waals surface area (Å²) in [6.45, 7) is 0. The Labute approximate surface area is 69.9 Å². The molecule has 4 heteroatoms. The average molecular weight is 253 g/mol. The van der Waals surface area contributed by atoms with Crippen LogP contribution in [0.25, 0.3) is 0 Å². The fourth-order valence-electron chi connectivity index (χ4n) is 0. The Morgan fingerprint density at radius 3 is 1.00 bits per heavy atom. The maximum atomic E-state index is 0. The van der Waals surface area contributed by atoms with E-state index >= 15 is 0 Å². The zero-order chi connectivity index (χ0) is 0. The third-order valence-corrected chi connectivity index (χ3v) is 0. The molecule has 4 heavy (non-hydrogen) atoms. The standard InChI is InChI=1S/Mo.Nb.O.Ti/q+4;+5;-2;+4. The van der Waals surface area contributed by atoms with E-state index < -0.39 is 0 Å². The van der Waals surface area contributed by atoms with E-state index in [1.165, 1.54) is 0 Å². The van der Waals surface area contributed by atoms with Gasteiger partial charge in [0.2, 0.25) is 0 Å². The SMILES string of the molecule is [Mo+4].[Nb+5].[O-2].[Ti+4]. The summed E-state index contributed by atoms with van der Waals surface area (Å²) < 4.78 is 0. The first kappa shape index (κ1) is 35.9. The molecule has 10 valence electrons. The van der Waals surface area contributed by atoms with Gasteiger partial charge < -0.3 is 5.48 Å². The molecule has 0 spiro atoms. The molecular weight excluding hydrogens is 253 g/mol. The molecule has 0 bridgehead atoms. The quantitative estimate of drug-likeness (QED) is 0.538. The molecule has 0 aliphatic heterocycles. The van der Waals surface area contributed by atoms with Gasteiger partial charge in [0.15, 0.2) is 0 Å². The minimum atomic E-state index is 0. The zero-order valence-electron chi connectivity index (χ0n) is 1.76. The molecule has 0 aromatic carbocycles. The summed E-state index contributed by atoms with van der Waals surface area (Å²) in [6, 6.07) is 0. The van der Waals surface area contributed by atoms with Crippen molar-refractivity contribution in [1.29, 1.82) is 0 Å². The Morgan fingerprint density at radius 2 is 1.00 bits per heavy atom. The van der Waals surface area contributed by atoms with Crippen molar-refractivity contribution in [2.24, 2.45) is 0 Å². The minimum absolute atomic E-state index is 0. The van der Waals surface area contributed by atoms with Crippen LogP contribution in [0.15, 0.2) is 0 Å². The fourth-order valence-corrected chi connectivity index (χ4v) is 0. The molecule has 0 amide bonds. The van der Waals surface area contributed by atoms with E-state index in [2.05, 4.69) is 0 Å². The van der Waals surface area contributed by atoms with Crippen molar-refractivity contribution >= 4 is 0 Å². The van der Waals surface area contributed by atoms with Crippen LogP contribution >= 0.6 is 0 Å². The molecule has 0 aromatic heterocycles. The van der Waals surface area contributed by atoms with Crippen LogP contribution in [0.5, 0.6) is 0 Å². The summed E-state index contributed by atoms with van der Waals surface area (Å²) in [5.74, 6) is 0. The van der Waals surface area contributed by atoms with Gasteiger partial charge in [0.1, 0.15) is 0 Å². The van der Waals surface area contributed by atoms with Crippen molar-refractivity contribution in [3.8, 4) is 0 Å².